The van der Waals surface area contributed by atoms with Gasteiger partial charge in [0.2, 0.25) is 0 Å². The van der Waals surface area contributed by atoms with Crippen molar-refractivity contribution in [1.82, 2.24) is 9.80 Å². The van der Waals surface area contributed by atoms with Gasteiger partial charge < -0.3 is 25.4 Å². The molecule has 3 rings (SSSR count). The van der Waals surface area contributed by atoms with Crippen LogP contribution in [0.25, 0.3) is 0 Å². The molecule has 0 amide bonds. The Kier molecular flexibility index (Phi) is 7.93. The Balaban J connectivity index is 1.53. The first-order valence-electron chi connectivity index (χ1n) is 10.3. The lowest BCUT2D eigenvalue weighted by molar-refractivity contribution is 0.269. The van der Waals surface area contributed by atoms with E-state index < -0.39 is 0 Å². The zero-order valence-electron chi connectivity index (χ0n) is 18.2. The van der Waals surface area contributed by atoms with E-state index in [0.29, 0.717) is 24.0 Å². The summed E-state index contributed by atoms with van der Waals surface area (Å²) in [7, 11) is 5.41. The third-order valence-corrected chi connectivity index (χ3v) is 5.33. The Morgan fingerprint density at radius 2 is 1.70 bits per heavy atom. The molecule has 7 heteroatoms. The van der Waals surface area contributed by atoms with Crippen LogP contribution in [0.1, 0.15) is 17.5 Å². The maximum absolute atomic E-state index is 6.05. The summed E-state index contributed by atoms with van der Waals surface area (Å²) in [6, 6.07) is 14.2. The molecule has 0 aliphatic carbocycles. The Morgan fingerprint density at radius 3 is 2.43 bits per heavy atom. The van der Waals surface area contributed by atoms with E-state index in [2.05, 4.69) is 51.4 Å². The van der Waals surface area contributed by atoms with Crippen molar-refractivity contribution in [3.63, 3.8) is 0 Å². The number of hydrogen-bond acceptors (Lipinski definition) is 5. The highest BCUT2D eigenvalue weighted by Gasteiger charge is 2.12. The molecule has 0 unspecified atom stereocenters. The molecule has 0 atom stereocenters. The molecule has 162 valence electrons. The lowest BCUT2D eigenvalue weighted by Crippen LogP contribution is -2.28. The lowest BCUT2D eigenvalue weighted by atomic mass is 10.1. The van der Waals surface area contributed by atoms with Crippen molar-refractivity contribution in [2.24, 2.45) is 10.7 Å². The van der Waals surface area contributed by atoms with E-state index in [0.717, 1.165) is 37.4 Å². The van der Waals surface area contributed by atoms with Crippen molar-refractivity contribution < 1.29 is 9.47 Å². The molecule has 3 N–H and O–H groups in total. The van der Waals surface area contributed by atoms with Crippen molar-refractivity contribution in [2.45, 2.75) is 19.5 Å². The van der Waals surface area contributed by atoms with Crippen molar-refractivity contribution in [3.8, 4) is 11.5 Å². The molecule has 0 saturated carbocycles. The summed E-state index contributed by atoms with van der Waals surface area (Å²) in [6.07, 6.45) is 1.23. The molecule has 30 heavy (non-hydrogen) atoms. The van der Waals surface area contributed by atoms with Crippen molar-refractivity contribution in [1.29, 1.82) is 0 Å². The summed E-state index contributed by atoms with van der Waals surface area (Å²) < 4.78 is 10.6. The second-order valence-corrected chi connectivity index (χ2v) is 7.65. The predicted molar refractivity (Wildman–Crippen MR) is 122 cm³/mol. The molecule has 0 aromatic heterocycles. The quantitative estimate of drug-likeness (QED) is 0.539. The first kappa shape index (κ1) is 21.9. The number of anilines is 1. The molecule has 0 spiro atoms. The Bertz CT molecular complexity index is 838. The van der Waals surface area contributed by atoms with Crippen LogP contribution in [0.15, 0.2) is 47.5 Å². The molecule has 1 heterocycles. The summed E-state index contributed by atoms with van der Waals surface area (Å²) in [6.45, 7) is 6.14. The molecule has 1 aliphatic rings. The van der Waals surface area contributed by atoms with Gasteiger partial charge in [-0.1, -0.05) is 24.3 Å². The second kappa shape index (κ2) is 10.8. The van der Waals surface area contributed by atoms with Gasteiger partial charge in [-0.2, -0.15) is 0 Å². The molecular weight excluding hydrogens is 378 g/mol. The van der Waals surface area contributed by atoms with E-state index in [1.165, 1.54) is 18.5 Å². The molecule has 1 fully saturated rings. The normalized spacial score (nSPS) is 16.2. The molecule has 2 aromatic rings. The summed E-state index contributed by atoms with van der Waals surface area (Å²) in [5.41, 5.74) is 9.32. The lowest BCUT2D eigenvalue weighted by Gasteiger charge is -2.20. The van der Waals surface area contributed by atoms with Crippen LogP contribution >= 0.6 is 0 Å². The highest BCUT2D eigenvalue weighted by molar-refractivity contribution is 5.92. The van der Waals surface area contributed by atoms with Gasteiger partial charge in [-0.25, -0.2) is 4.99 Å². The molecule has 0 bridgehead atoms. The molecule has 7 nitrogen and oxygen atoms in total. The number of methoxy groups -OCH3 is 2. The SMILES string of the molecule is COc1ccc(NC(N)=NCc2ccc(CN3CCCN(C)CC3)cc2)cc1OC. The Labute approximate surface area is 179 Å². The zero-order chi connectivity index (χ0) is 21.3. The van der Waals surface area contributed by atoms with Crippen LogP contribution in [0.2, 0.25) is 0 Å². The fourth-order valence-corrected chi connectivity index (χ4v) is 3.54. The van der Waals surface area contributed by atoms with Gasteiger partial charge in [-0.05, 0) is 49.8 Å². The van der Waals surface area contributed by atoms with Crippen molar-refractivity contribution in [3.05, 3.63) is 53.6 Å². The highest BCUT2D eigenvalue weighted by Crippen LogP contribution is 2.29. The summed E-state index contributed by atoms with van der Waals surface area (Å²) in [5, 5.41) is 3.09. The second-order valence-electron chi connectivity index (χ2n) is 7.65. The van der Waals surface area contributed by atoms with E-state index >= 15 is 0 Å². The van der Waals surface area contributed by atoms with Gasteiger partial charge in [-0.3, -0.25) is 4.90 Å². The van der Waals surface area contributed by atoms with Crippen molar-refractivity contribution >= 4 is 11.6 Å². The van der Waals surface area contributed by atoms with E-state index in [1.54, 1.807) is 14.2 Å². The monoisotopic (exact) mass is 411 g/mol. The van der Waals surface area contributed by atoms with Crippen LogP contribution < -0.4 is 20.5 Å². The fraction of sp³-hybridized carbons (Fsp3) is 0.435. The summed E-state index contributed by atoms with van der Waals surface area (Å²) in [5.74, 6) is 1.67. The molecule has 0 radical (unpaired) electrons. The van der Waals surface area contributed by atoms with Gasteiger partial charge in [0.25, 0.3) is 0 Å². The Hall–Kier alpha value is -2.77. The number of nitrogens with zero attached hydrogens (tertiary/aromatic N) is 3. The third-order valence-electron chi connectivity index (χ3n) is 5.33. The topological polar surface area (TPSA) is 75.4 Å². The van der Waals surface area contributed by atoms with E-state index in [9.17, 15) is 0 Å². The number of aliphatic imine (C=N–C) groups is 1. The highest BCUT2D eigenvalue weighted by atomic mass is 16.5. The molecule has 2 aromatic carbocycles. The molecule has 1 saturated heterocycles. The number of ether oxygens (including phenoxy) is 2. The van der Waals surface area contributed by atoms with Crippen LogP contribution in [-0.4, -0.2) is 63.2 Å². The predicted octanol–water partition coefficient (Wildman–Crippen LogP) is 2.77. The first-order valence-corrected chi connectivity index (χ1v) is 10.3. The maximum Gasteiger partial charge on any atom is 0.193 e. The molecular formula is C23H33N5O2. The number of nitrogens with one attached hydrogen (secondary N) is 1. The Morgan fingerprint density at radius 1 is 0.967 bits per heavy atom. The fourth-order valence-electron chi connectivity index (χ4n) is 3.54. The standard InChI is InChI=1S/C23H33N5O2/c1-27-11-4-12-28(14-13-27)17-19-7-5-18(6-8-19)16-25-23(24)26-20-9-10-21(29-2)22(15-20)30-3/h5-10,15H,4,11-14,16-17H2,1-3H3,(H3,24,25,26). The van der Waals surface area contributed by atoms with Gasteiger partial charge in [0.15, 0.2) is 17.5 Å². The molecule has 1 aliphatic heterocycles. The number of benzene rings is 2. The minimum absolute atomic E-state index is 0.361. The minimum Gasteiger partial charge on any atom is -0.493 e. The van der Waals surface area contributed by atoms with Crippen LogP contribution in [-0.2, 0) is 13.1 Å². The van der Waals surface area contributed by atoms with Gasteiger partial charge in [0.05, 0.1) is 20.8 Å². The maximum atomic E-state index is 6.05. The number of hydrogen-bond donors (Lipinski definition) is 2. The van der Waals surface area contributed by atoms with E-state index in [-0.39, 0.29) is 0 Å². The summed E-state index contributed by atoms with van der Waals surface area (Å²) >= 11 is 0. The first-order chi connectivity index (χ1) is 14.6. The zero-order valence-corrected chi connectivity index (χ0v) is 18.2. The average Bonchev–Trinajstić information content (AvgIpc) is 2.97. The minimum atomic E-state index is 0.361. The smallest absolute Gasteiger partial charge is 0.193 e. The van der Waals surface area contributed by atoms with Crippen molar-refractivity contribution in [2.75, 3.05) is 52.8 Å². The van der Waals surface area contributed by atoms with Gasteiger partial charge in [0.1, 0.15) is 0 Å². The van der Waals surface area contributed by atoms with Crippen LogP contribution in [0, 0.1) is 0 Å². The number of nitrogens with two attached hydrogens (primary N) is 1. The largest absolute Gasteiger partial charge is 0.493 e. The van der Waals surface area contributed by atoms with Crippen LogP contribution in [0.4, 0.5) is 5.69 Å². The van der Waals surface area contributed by atoms with Gasteiger partial charge in [0, 0.05) is 31.4 Å². The van der Waals surface area contributed by atoms with Gasteiger partial charge >= 0.3 is 0 Å². The van der Waals surface area contributed by atoms with Crippen LogP contribution in [0.3, 0.4) is 0 Å². The number of guanidine groups is 1. The van der Waals surface area contributed by atoms with E-state index in [1.807, 2.05) is 18.2 Å². The van der Waals surface area contributed by atoms with E-state index in [4.69, 9.17) is 15.2 Å². The van der Waals surface area contributed by atoms with Gasteiger partial charge in [-0.15, -0.1) is 0 Å². The number of likely N-dealkylation sites (N-methyl/N-ethyl adjacent to an activating group) is 1. The summed E-state index contributed by atoms with van der Waals surface area (Å²) in [4.78, 5) is 9.38. The third kappa shape index (κ3) is 6.37. The average molecular weight is 412 g/mol. The number of rotatable bonds is 7. The van der Waals surface area contributed by atoms with Crippen LogP contribution in [0.5, 0.6) is 11.5 Å².